The Balaban J connectivity index is 2.68. The summed E-state index contributed by atoms with van der Waals surface area (Å²) in [6, 6.07) is 3.15. The Morgan fingerprint density at radius 2 is 2.29 bits per heavy atom. The molecule has 1 atom stereocenters. The van der Waals surface area contributed by atoms with Crippen molar-refractivity contribution >= 4 is 11.8 Å². The smallest absolute Gasteiger partial charge is 0.323 e. The molecule has 5 heteroatoms. The maximum atomic E-state index is 11.4. The lowest BCUT2D eigenvalue weighted by Crippen LogP contribution is -2.34. The third-order valence-electron chi connectivity index (χ3n) is 2.31. The van der Waals surface area contributed by atoms with Gasteiger partial charge in [0.05, 0.1) is 6.61 Å². The molecule has 1 rings (SSSR count). The third kappa shape index (κ3) is 4.03. The van der Waals surface area contributed by atoms with Crippen LogP contribution in [0.1, 0.15) is 12.5 Å². The number of ether oxygens (including phenoxy) is 1. The molecule has 0 fully saturated rings. The van der Waals surface area contributed by atoms with Crippen LogP contribution < -0.4 is 10.6 Å². The van der Waals surface area contributed by atoms with Gasteiger partial charge in [-0.2, -0.15) is 0 Å². The topological polar surface area (TPSA) is 68.5 Å². The van der Waals surface area contributed by atoms with Crippen molar-refractivity contribution in [3.05, 3.63) is 23.9 Å². The lowest BCUT2D eigenvalue weighted by atomic mass is 10.1. The van der Waals surface area contributed by atoms with Crippen LogP contribution in [0.4, 0.5) is 5.82 Å². The minimum Gasteiger partial charge on any atom is -0.465 e. The molecule has 0 saturated carbocycles. The highest BCUT2D eigenvalue weighted by Crippen LogP contribution is 2.11. The van der Waals surface area contributed by atoms with E-state index >= 15 is 0 Å². The average molecular weight is 237 g/mol. The number of anilines is 1. The van der Waals surface area contributed by atoms with Gasteiger partial charge >= 0.3 is 5.97 Å². The fourth-order valence-electron chi connectivity index (χ4n) is 1.42. The Bertz CT molecular complexity index is 380. The van der Waals surface area contributed by atoms with Crippen molar-refractivity contribution in [2.45, 2.75) is 19.4 Å². The standard InChI is InChI=1S/C12H19N3O2/c1-4-17-12(16)10(13)7-9-5-6-14-11(8-9)15(2)3/h5-6,8,10H,4,7,13H2,1-3H3. The first-order valence-corrected chi connectivity index (χ1v) is 5.59. The maximum absolute atomic E-state index is 11.4. The monoisotopic (exact) mass is 237 g/mol. The van der Waals surface area contributed by atoms with Crippen LogP contribution in [0.25, 0.3) is 0 Å². The van der Waals surface area contributed by atoms with E-state index in [0.717, 1.165) is 11.4 Å². The number of rotatable bonds is 5. The second kappa shape index (κ2) is 6.20. The van der Waals surface area contributed by atoms with E-state index in [1.54, 1.807) is 13.1 Å². The van der Waals surface area contributed by atoms with Crippen molar-refractivity contribution in [1.82, 2.24) is 4.98 Å². The van der Waals surface area contributed by atoms with E-state index in [0.29, 0.717) is 13.0 Å². The number of nitrogens with two attached hydrogens (primary N) is 1. The predicted molar refractivity (Wildman–Crippen MR) is 66.9 cm³/mol. The zero-order valence-corrected chi connectivity index (χ0v) is 10.5. The molecule has 5 nitrogen and oxygen atoms in total. The van der Waals surface area contributed by atoms with Gasteiger partial charge in [-0.3, -0.25) is 4.79 Å². The first kappa shape index (κ1) is 13.4. The summed E-state index contributed by atoms with van der Waals surface area (Å²) < 4.78 is 4.86. The van der Waals surface area contributed by atoms with Gasteiger partial charge < -0.3 is 15.4 Å². The van der Waals surface area contributed by atoms with Crippen LogP contribution in [0, 0.1) is 0 Å². The van der Waals surface area contributed by atoms with E-state index in [9.17, 15) is 4.79 Å². The van der Waals surface area contributed by atoms with Crippen LogP contribution in [0.2, 0.25) is 0 Å². The lowest BCUT2D eigenvalue weighted by molar-refractivity contribution is -0.144. The summed E-state index contributed by atoms with van der Waals surface area (Å²) in [5.74, 6) is 0.481. The number of hydrogen-bond donors (Lipinski definition) is 1. The van der Waals surface area contributed by atoms with E-state index in [4.69, 9.17) is 10.5 Å². The van der Waals surface area contributed by atoms with Crippen LogP contribution >= 0.6 is 0 Å². The Labute approximate surface area is 102 Å². The maximum Gasteiger partial charge on any atom is 0.323 e. The average Bonchev–Trinajstić information content (AvgIpc) is 2.29. The fraction of sp³-hybridized carbons (Fsp3) is 0.500. The van der Waals surface area contributed by atoms with Gasteiger partial charge in [0.25, 0.3) is 0 Å². The Kier molecular flexibility index (Phi) is 4.90. The zero-order valence-electron chi connectivity index (χ0n) is 10.5. The second-order valence-corrected chi connectivity index (χ2v) is 3.98. The summed E-state index contributed by atoms with van der Waals surface area (Å²) in [6.07, 6.45) is 2.17. The highest BCUT2D eigenvalue weighted by molar-refractivity contribution is 5.75. The molecular formula is C12H19N3O2. The van der Waals surface area contributed by atoms with Gasteiger partial charge in [-0.1, -0.05) is 0 Å². The Morgan fingerprint density at radius 1 is 1.59 bits per heavy atom. The minimum atomic E-state index is -0.618. The van der Waals surface area contributed by atoms with Gasteiger partial charge in [-0.25, -0.2) is 4.98 Å². The van der Waals surface area contributed by atoms with Gasteiger partial charge in [0.2, 0.25) is 0 Å². The molecular weight excluding hydrogens is 218 g/mol. The molecule has 0 bridgehead atoms. The summed E-state index contributed by atoms with van der Waals surface area (Å²) in [5.41, 5.74) is 6.73. The van der Waals surface area contributed by atoms with Crippen LogP contribution in [0.15, 0.2) is 18.3 Å². The lowest BCUT2D eigenvalue weighted by Gasteiger charge is -2.14. The normalized spacial score (nSPS) is 12.0. The number of aromatic nitrogens is 1. The van der Waals surface area contributed by atoms with Gasteiger partial charge in [-0.15, -0.1) is 0 Å². The number of nitrogens with zero attached hydrogens (tertiary/aromatic N) is 2. The summed E-state index contributed by atoms with van der Waals surface area (Å²) in [6.45, 7) is 2.12. The molecule has 0 amide bonds. The second-order valence-electron chi connectivity index (χ2n) is 3.98. The molecule has 1 aromatic rings. The molecule has 0 spiro atoms. The Hall–Kier alpha value is -1.62. The van der Waals surface area contributed by atoms with Crippen LogP contribution in [-0.4, -0.2) is 37.7 Å². The number of carbonyl (C=O) groups is 1. The van der Waals surface area contributed by atoms with Crippen molar-refractivity contribution in [2.75, 3.05) is 25.6 Å². The molecule has 1 heterocycles. The van der Waals surface area contributed by atoms with Crippen LogP contribution in [0.3, 0.4) is 0 Å². The largest absolute Gasteiger partial charge is 0.465 e. The zero-order chi connectivity index (χ0) is 12.8. The quantitative estimate of drug-likeness (QED) is 0.759. The van der Waals surface area contributed by atoms with E-state index in [1.807, 2.05) is 31.1 Å². The van der Waals surface area contributed by atoms with Crippen molar-refractivity contribution in [2.24, 2.45) is 5.73 Å². The number of hydrogen-bond acceptors (Lipinski definition) is 5. The van der Waals surface area contributed by atoms with Gasteiger partial charge in [0, 0.05) is 20.3 Å². The van der Waals surface area contributed by atoms with Gasteiger partial charge in [0.1, 0.15) is 11.9 Å². The van der Waals surface area contributed by atoms with Crippen LogP contribution in [0.5, 0.6) is 0 Å². The molecule has 94 valence electrons. The molecule has 1 unspecified atom stereocenters. The van der Waals surface area contributed by atoms with Crippen molar-refractivity contribution in [3.63, 3.8) is 0 Å². The third-order valence-corrected chi connectivity index (χ3v) is 2.31. The molecule has 0 radical (unpaired) electrons. The summed E-state index contributed by atoms with van der Waals surface area (Å²) in [7, 11) is 3.83. The highest BCUT2D eigenvalue weighted by atomic mass is 16.5. The molecule has 0 aliphatic heterocycles. The first-order valence-electron chi connectivity index (χ1n) is 5.59. The molecule has 0 aromatic carbocycles. The van der Waals surface area contributed by atoms with Crippen molar-refractivity contribution < 1.29 is 9.53 Å². The van der Waals surface area contributed by atoms with E-state index in [1.165, 1.54) is 0 Å². The first-order chi connectivity index (χ1) is 8.04. The van der Waals surface area contributed by atoms with E-state index in [2.05, 4.69) is 4.98 Å². The van der Waals surface area contributed by atoms with Gasteiger partial charge in [0.15, 0.2) is 0 Å². The fourth-order valence-corrected chi connectivity index (χ4v) is 1.42. The summed E-state index contributed by atoms with van der Waals surface area (Å²) in [5, 5.41) is 0. The Morgan fingerprint density at radius 3 is 2.88 bits per heavy atom. The van der Waals surface area contributed by atoms with E-state index in [-0.39, 0.29) is 5.97 Å². The molecule has 17 heavy (non-hydrogen) atoms. The number of pyridine rings is 1. The highest BCUT2D eigenvalue weighted by Gasteiger charge is 2.15. The molecule has 1 aromatic heterocycles. The van der Waals surface area contributed by atoms with E-state index < -0.39 is 6.04 Å². The number of carbonyl (C=O) groups excluding carboxylic acids is 1. The van der Waals surface area contributed by atoms with Crippen LogP contribution in [-0.2, 0) is 16.0 Å². The molecule has 2 N–H and O–H groups in total. The molecule has 0 aliphatic carbocycles. The summed E-state index contributed by atoms with van der Waals surface area (Å²) in [4.78, 5) is 17.5. The molecule has 0 saturated heterocycles. The SMILES string of the molecule is CCOC(=O)C(N)Cc1ccnc(N(C)C)c1. The van der Waals surface area contributed by atoms with Crippen molar-refractivity contribution in [3.8, 4) is 0 Å². The minimum absolute atomic E-state index is 0.353. The van der Waals surface area contributed by atoms with Gasteiger partial charge in [-0.05, 0) is 31.0 Å². The number of esters is 1. The predicted octanol–water partition coefficient (Wildman–Crippen LogP) is 0.580. The molecule has 0 aliphatic rings. The summed E-state index contributed by atoms with van der Waals surface area (Å²) >= 11 is 0. The van der Waals surface area contributed by atoms with Crippen molar-refractivity contribution in [1.29, 1.82) is 0 Å².